The van der Waals surface area contributed by atoms with Gasteiger partial charge in [-0.1, -0.05) is 12.1 Å². The van der Waals surface area contributed by atoms with Gasteiger partial charge in [0.25, 0.3) is 5.78 Å². The third-order valence-corrected chi connectivity index (χ3v) is 7.67. The molecule has 0 fully saturated rings. The minimum Gasteiger partial charge on any atom is -0.539 e. The fraction of sp³-hybridized carbons (Fsp3) is 0.0667. The summed E-state index contributed by atoms with van der Waals surface area (Å²) in [5.41, 5.74) is 9.30. The van der Waals surface area contributed by atoms with E-state index in [1.54, 1.807) is 61.7 Å². The van der Waals surface area contributed by atoms with E-state index in [0.717, 1.165) is 21.6 Å². The number of pyridine rings is 1. The smallest absolute Gasteiger partial charge is 0.312 e. The molecule has 9 nitrogen and oxygen atoms in total. The quantitative estimate of drug-likeness (QED) is 0.212. The molecule has 3 aromatic carbocycles. The molecule has 0 saturated heterocycles. The van der Waals surface area contributed by atoms with Crippen LogP contribution in [0.5, 0.6) is 17.4 Å². The Bertz CT molecular complexity index is 1920. The lowest BCUT2D eigenvalue weighted by atomic mass is 9.99. The number of benzene rings is 3. The predicted molar refractivity (Wildman–Crippen MR) is 149 cm³/mol. The lowest BCUT2D eigenvalue weighted by molar-refractivity contribution is -0.672. The Kier molecular flexibility index (Phi) is 6.56. The monoisotopic (exact) mass is 568 g/mol. The first kappa shape index (κ1) is 26.0. The van der Waals surface area contributed by atoms with E-state index in [0.29, 0.717) is 44.2 Å². The average molecular weight is 569 g/mol. The molecule has 0 aliphatic rings. The molecular formula is C30H21FN4O5S. The van der Waals surface area contributed by atoms with Crippen molar-refractivity contribution in [3.8, 4) is 45.5 Å². The second-order valence-electron chi connectivity index (χ2n) is 8.97. The molecule has 0 unspecified atom stereocenters. The Balaban J connectivity index is 1.53. The molecule has 0 radical (unpaired) electrons. The predicted octanol–water partition coefficient (Wildman–Crippen LogP) is 4.94. The van der Waals surface area contributed by atoms with Gasteiger partial charge >= 0.3 is 5.69 Å². The number of aromatic nitrogens is 3. The number of thiophene rings is 1. The second kappa shape index (κ2) is 10.4. The number of nitrogen functional groups attached to an aromatic ring is 1. The van der Waals surface area contributed by atoms with Crippen LogP contribution in [0.4, 0.5) is 10.1 Å². The molecule has 11 heteroatoms. The number of anilines is 1. The highest BCUT2D eigenvalue weighted by atomic mass is 32.1. The summed E-state index contributed by atoms with van der Waals surface area (Å²) in [6.45, 7) is 0. The Hall–Kier alpha value is -5.29. The van der Waals surface area contributed by atoms with Gasteiger partial charge in [0.05, 0.1) is 30.9 Å². The molecule has 0 aliphatic heterocycles. The molecule has 3 heterocycles. The number of ketones is 1. The van der Waals surface area contributed by atoms with Gasteiger partial charge in [-0.2, -0.15) is 0 Å². The summed E-state index contributed by atoms with van der Waals surface area (Å²) in [6.07, 6.45) is 0. The molecule has 204 valence electrons. The molecule has 0 bridgehead atoms. The van der Waals surface area contributed by atoms with Crippen molar-refractivity contribution < 1.29 is 33.0 Å². The zero-order chi connectivity index (χ0) is 28.7. The third-order valence-electron chi connectivity index (χ3n) is 6.57. The Labute approximate surface area is 236 Å². The van der Waals surface area contributed by atoms with Crippen LogP contribution in [-0.4, -0.2) is 30.3 Å². The number of rotatable bonds is 7. The van der Waals surface area contributed by atoms with Gasteiger partial charge in [-0.3, -0.25) is 4.79 Å². The molecule has 2 N–H and O–H groups in total. The first-order valence-corrected chi connectivity index (χ1v) is 13.1. The number of hydrogen-bond donors (Lipinski definition) is 1. The highest BCUT2D eigenvalue weighted by Crippen LogP contribution is 2.42. The molecule has 6 aromatic rings. The van der Waals surface area contributed by atoms with Crippen molar-refractivity contribution in [1.82, 2.24) is 10.3 Å². The summed E-state index contributed by atoms with van der Waals surface area (Å²) < 4.78 is 30.7. The number of nitrogens with two attached hydrogens (primary N) is 1. The van der Waals surface area contributed by atoms with Crippen LogP contribution >= 0.6 is 11.3 Å². The summed E-state index contributed by atoms with van der Waals surface area (Å²) >= 11 is 1.03. The average Bonchev–Trinajstić information content (AvgIpc) is 3.56. The van der Waals surface area contributed by atoms with E-state index >= 15 is 0 Å². The van der Waals surface area contributed by atoms with E-state index in [9.17, 15) is 14.3 Å². The number of fused-ring (bicyclic) bond motifs is 1. The molecule has 0 amide bonds. The topological polar surface area (TPSA) is 127 Å². The molecule has 41 heavy (non-hydrogen) atoms. The van der Waals surface area contributed by atoms with Crippen molar-refractivity contribution in [2.75, 3.05) is 20.0 Å². The number of carbonyl (C=O) groups is 1. The number of methoxy groups -OCH3 is 2. The number of carbonyl (C=O) groups excluding carboxylic acids is 1. The van der Waals surface area contributed by atoms with E-state index in [-0.39, 0.29) is 16.3 Å². The minimum atomic E-state index is -0.917. The Morgan fingerprint density at radius 1 is 0.976 bits per heavy atom. The lowest BCUT2D eigenvalue weighted by Gasteiger charge is -2.09. The normalized spacial score (nSPS) is 11.1. The van der Waals surface area contributed by atoms with Crippen molar-refractivity contribution in [1.29, 1.82) is 0 Å². The van der Waals surface area contributed by atoms with Gasteiger partial charge in [0.2, 0.25) is 5.69 Å². The fourth-order valence-corrected chi connectivity index (χ4v) is 5.59. The van der Waals surface area contributed by atoms with Crippen LogP contribution in [0.1, 0.15) is 15.4 Å². The largest absolute Gasteiger partial charge is 0.539 e. The van der Waals surface area contributed by atoms with Gasteiger partial charge < -0.3 is 24.8 Å². The summed E-state index contributed by atoms with van der Waals surface area (Å²) in [5, 5.41) is 16.9. The van der Waals surface area contributed by atoms with Crippen LogP contribution in [0.2, 0.25) is 0 Å². The van der Waals surface area contributed by atoms with Crippen molar-refractivity contribution in [2.24, 2.45) is 0 Å². The van der Waals surface area contributed by atoms with Crippen LogP contribution in [0, 0.1) is 5.82 Å². The molecule has 0 spiro atoms. The van der Waals surface area contributed by atoms with Crippen molar-refractivity contribution >= 4 is 33.0 Å². The van der Waals surface area contributed by atoms with E-state index in [4.69, 9.17) is 24.7 Å². The van der Waals surface area contributed by atoms with Crippen LogP contribution in [0.15, 0.2) is 83.4 Å². The zero-order valence-corrected chi connectivity index (χ0v) is 22.6. The van der Waals surface area contributed by atoms with E-state index in [1.165, 1.54) is 19.2 Å². The molecule has 0 saturated carbocycles. The standard InChI is InChI=1S/C30H21FN4O5S/c1-38-20-10-6-16(7-11-20)23-15-22(17-4-3-5-18(31)14-17)24-25(32)28(41-29(24)33-23)27(36)26-30(37)40-34-35(26)19-8-12-21(39-2)13-9-19/h3-15H,1-2H3,(H2-,32,34,36,37). The molecule has 0 aliphatic carbocycles. The van der Waals surface area contributed by atoms with Crippen molar-refractivity contribution in [2.45, 2.75) is 0 Å². The van der Waals surface area contributed by atoms with Gasteiger partial charge in [-0.15, -0.1) is 11.3 Å². The van der Waals surface area contributed by atoms with Crippen molar-refractivity contribution in [3.63, 3.8) is 0 Å². The minimum absolute atomic E-state index is 0.0830. The number of hydrogen-bond acceptors (Lipinski definition) is 9. The summed E-state index contributed by atoms with van der Waals surface area (Å²) in [6, 6.07) is 21.8. The number of halogens is 1. The van der Waals surface area contributed by atoms with Crippen LogP contribution < -0.4 is 25.0 Å². The maximum Gasteiger partial charge on any atom is 0.312 e. The summed E-state index contributed by atoms with van der Waals surface area (Å²) in [4.78, 5) is 19.2. The van der Waals surface area contributed by atoms with Gasteiger partial charge in [-0.05, 0) is 70.4 Å². The van der Waals surface area contributed by atoms with Gasteiger partial charge in [0.1, 0.15) is 27.0 Å². The first-order valence-electron chi connectivity index (χ1n) is 12.3. The van der Waals surface area contributed by atoms with Crippen LogP contribution in [0.25, 0.3) is 38.3 Å². The fourth-order valence-electron chi connectivity index (χ4n) is 4.53. The van der Waals surface area contributed by atoms with E-state index < -0.39 is 17.5 Å². The Morgan fingerprint density at radius 3 is 2.32 bits per heavy atom. The summed E-state index contributed by atoms with van der Waals surface area (Å²) in [7, 11) is 3.11. The SMILES string of the molecule is COc1ccc(-c2cc(-c3cccc(F)c3)c3c(N)c(C(=O)c4c([O-])on[n+]4-c4ccc(OC)cc4)sc3n2)cc1. The van der Waals surface area contributed by atoms with Crippen LogP contribution in [-0.2, 0) is 0 Å². The highest BCUT2D eigenvalue weighted by molar-refractivity contribution is 7.21. The molecule has 6 rings (SSSR count). The summed E-state index contributed by atoms with van der Waals surface area (Å²) in [5.74, 6) is -0.751. The van der Waals surface area contributed by atoms with E-state index in [2.05, 4.69) is 5.27 Å². The maximum atomic E-state index is 14.3. The van der Waals surface area contributed by atoms with Gasteiger partial charge in [0, 0.05) is 23.1 Å². The van der Waals surface area contributed by atoms with Gasteiger partial charge in [0.15, 0.2) is 5.95 Å². The van der Waals surface area contributed by atoms with Crippen LogP contribution in [0.3, 0.4) is 0 Å². The molecule has 3 aromatic heterocycles. The van der Waals surface area contributed by atoms with Crippen molar-refractivity contribution in [3.05, 3.63) is 95.3 Å². The number of ether oxygens (including phenoxy) is 2. The maximum absolute atomic E-state index is 14.3. The highest BCUT2D eigenvalue weighted by Gasteiger charge is 2.33. The molecule has 0 atom stereocenters. The molecular weight excluding hydrogens is 547 g/mol. The third kappa shape index (κ3) is 4.61. The lowest BCUT2D eigenvalue weighted by Crippen LogP contribution is -2.39. The van der Waals surface area contributed by atoms with E-state index in [1.807, 2.05) is 12.1 Å². The number of nitrogens with zero attached hydrogens (tertiary/aromatic N) is 3. The van der Waals surface area contributed by atoms with Gasteiger partial charge in [-0.25, -0.2) is 9.37 Å². The first-order chi connectivity index (χ1) is 19.9. The second-order valence-corrected chi connectivity index (χ2v) is 9.97. The Morgan fingerprint density at radius 2 is 1.66 bits per heavy atom. The zero-order valence-electron chi connectivity index (χ0n) is 21.8.